The zero-order chi connectivity index (χ0) is 14.0. The number of sulfonamides is 1. The van der Waals surface area contributed by atoms with Gasteiger partial charge < -0.3 is 5.32 Å². The monoisotopic (exact) mass is 302 g/mol. The fourth-order valence-electron chi connectivity index (χ4n) is 1.92. The van der Waals surface area contributed by atoms with Crippen LogP contribution in [-0.4, -0.2) is 30.9 Å². The first-order valence-corrected chi connectivity index (χ1v) is 8.55. The molecule has 0 bridgehead atoms. The number of hydrogen-bond acceptors (Lipinski definition) is 5. The van der Waals surface area contributed by atoms with Crippen LogP contribution in [0.3, 0.4) is 0 Å². The highest BCUT2D eigenvalue weighted by Crippen LogP contribution is 2.25. The first kappa shape index (κ1) is 14.3. The topological polar surface area (TPSA) is 75.5 Å². The molecule has 2 N–H and O–H groups in total. The van der Waals surface area contributed by atoms with Crippen LogP contribution in [-0.2, 0) is 10.0 Å². The van der Waals surface area contributed by atoms with Gasteiger partial charge in [-0.25, -0.2) is 18.1 Å². The molecule has 0 radical (unpaired) electrons. The smallest absolute Gasteiger partial charge is 0.260 e. The van der Waals surface area contributed by atoms with Gasteiger partial charge in [-0.05, 0) is 12.8 Å². The third-order valence-electron chi connectivity index (χ3n) is 3.02. The zero-order valence-electron chi connectivity index (χ0n) is 11.2. The highest BCUT2D eigenvalue weighted by molar-refractivity contribution is 7.89. The maximum Gasteiger partial charge on any atom is 0.260 e. The molecule has 2 aromatic rings. The molecule has 0 saturated heterocycles. The van der Waals surface area contributed by atoms with Crippen molar-refractivity contribution >= 4 is 32.1 Å². The summed E-state index contributed by atoms with van der Waals surface area (Å²) >= 11 is 1.40. The molecule has 2 heterocycles. The molecule has 0 aromatic carbocycles. The van der Waals surface area contributed by atoms with E-state index in [-0.39, 0.29) is 11.1 Å². The number of nitrogens with zero attached hydrogens (tertiary/aromatic N) is 2. The highest BCUT2D eigenvalue weighted by atomic mass is 32.2. The summed E-state index contributed by atoms with van der Waals surface area (Å²) in [6.07, 6.45) is 3.24. The molecular weight excluding hydrogens is 284 g/mol. The Labute approximate surface area is 116 Å². The largest absolute Gasteiger partial charge is 0.371 e. The van der Waals surface area contributed by atoms with Crippen molar-refractivity contribution in [3.8, 4) is 0 Å². The molecule has 6 nitrogen and oxygen atoms in total. The first-order valence-electron chi connectivity index (χ1n) is 6.19. The molecule has 0 spiro atoms. The number of imidazole rings is 1. The Morgan fingerprint density at radius 3 is 2.68 bits per heavy atom. The van der Waals surface area contributed by atoms with Gasteiger partial charge in [-0.1, -0.05) is 13.8 Å². The molecule has 0 amide bonds. The number of aromatic nitrogens is 2. The van der Waals surface area contributed by atoms with E-state index in [1.165, 1.54) is 11.3 Å². The predicted octanol–water partition coefficient (Wildman–Crippen LogP) is 1.90. The van der Waals surface area contributed by atoms with Gasteiger partial charge in [-0.15, -0.1) is 11.3 Å². The summed E-state index contributed by atoms with van der Waals surface area (Å²) < 4.78 is 29.3. The normalized spacial score (nSPS) is 12.4. The maximum absolute atomic E-state index is 12.5. The SMILES string of the molecule is CCC(CC)NS(=O)(=O)c1c(NC)nc2sccn12. The van der Waals surface area contributed by atoms with Crippen molar-refractivity contribution in [2.75, 3.05) is 12.4 Å². The van der Waals surface area contributed by atoms with Gasteiger partial charge in [0.25, 0.3) is 10.0 Å². The van der Waals surface area contributed by atoms with Crippen molar-refractivity contribution in [3.63, 3.8) is 0 Å². The Bertz CT molecular complexity index is 655. The van der Waals surface area contributed by atoms with Crippen LogP contribution in [0, 0.1) is 0 Å². The number of nitrogens with one attached hydrogen (secondary N) is 2. The van der Waals surface area contributed by atoms with E-state index in [2.05, 4.69) is 15.0 Å². The number of fused-ring (bicyclic) bond motifs is 1. The van der Waals surface area contributed by atoms with E-state index in [1.807, 2.05) is 19.2 Å². The lowest BCUT2D eigenvalue weighted by molar-refractivity contribution is 0.527. The summed E-state index contributed by atoms with van der Waals surface area (Å²) in [6, 6.07) is -0.0566. The summed E-state index contributed by atoms with van der Waals surface area (Å²) in [7, 11) is -1.92. The molecule has 0 saturated carbocycles. The summed E-state index contributed by atoms with van der Waals surface area (Å²) in [5.74, 6) is 0.380. The van der Waals surface area contributed by atoms with Crippen LogP contribution in [0.1, 0.15) is 26.7 Å². The molecule has 2 aromatic heterocycles. The van der Waals surface area contributed by atoms with Gasteiger partial charge in [0, 0.05) is 24.7 Å². The van der Waals surface area contributed by atoms with Crippen molar-refractivity contribution in [2.24, 2.45) is 0 Å². The van der Waals surface area contributed by atoms with Crippen molar-refractivity contribution in [1.82, 2.24) is 14.1 Å². The van der Waals surface area contributed by atoms with Crippen molar-refractivity contribution in [1.29, 1.82) is 0 Å². The van der Waals surface area contributed by atoms with Crippen LogP contribution in [0.5, 0.6) is 0 Å². The second-order valence-electron chi connectivity index (χ2n) is 4.21. The average molecular weight is 302 g/mol. The minimum Gasteiger partial charge on any atom is -0.371 e. The van der Waals surface area contributed by atoms with E-state index >= 15 is 0 Å². The van der Waals surface area contributed by atoms with Crippen LogP contribution in [0.2, 0.25) is 0 Å². The molecule has 0 aliphatic carbocycles. The summed E-state index contributed by atoms with van der Waals surface area (Å²) in [6.45, 7) is 3.93. The predicted molar refractivity (Wildman–Crippen MR) is 77.3 cm³/mol. The van der Waals surface area contributed by atoms with Gasteiger partial charge in [0.1, 0.15) is 0 Å². The van der Waals surface area contributed by atoms with Crippen molar-refractivity contribution in [2.45, 2.75) is 37.8 Å². The Balaban J connectivity index is 2.49. The summed E-state index contributed by atoms with van der Waals surface area (Å²) in [4.78, 5) is 4.93. The Kier molecular flexibility index (Phi) is 4.12. The van der Waals surface area contributed by atoms with Crippen LogP contribution < -0.4 is 10.0 Å². The quantitative estimate of drug-likeness (QED) is 0.854. The zero-order valence-corrected chi connectivity index (χ0v) is 12.8. The van der Waals surface area contributed by atoms with Gasteiger partial charge in [-0.3, -0.25) is 4.40 Å². The Morgan fingerprint density at radius 1 is 1.42 bits per heavy atom. The Hall–Kier alpha value is -1.12. The molecule has 8 heteroatoms. The van der Waals surface area contributed by atoms with E-state index in [4.69, 9.17) is 0 Å². The fraction of sp³-hybridized carbons (Fsp3) is 0.545. The standard InChI is InChI=1S/C11H18N4O2S2/c1-4-8(5-2)14-19(16,17)10-9(12-3)13-11-15(10)6-7-18-11/h6-8,12,14H,4-5H2,1-3H3. The second kappa shape index (κ2) is 5.48. The molecule has 2 rings (SSSR count). The van der Waals surface area contributed by atoms with E-state index < -0.39 is 10.0 Å². The second-order valence-corrected chi connectivity index (χ2v) is 6.71. The van der Waals surface area contributed by atoms with Gasteiger partial charge in [0.2, 0.25) is 0 Å². The third kappa shape index (κ3) is 2.60. The maximum atomic E-state index is 12.5. The lowest BCUT2D eigenvalue weighted by Gasteiger charge is -2.15. The number of thiazole rings is 1. The molecular formula is C11H18N4O2S2. The van der Waals surface area contributed by atoms with E-state index in [0.29, 0.717) is 10.8 Å². The van der Waals surface area contributed by atoms with Gasteiger partial charge in [0.15, 0.2) is 15.8 Å². The van der Waals surface area contributed by atoms with E-state index in [1.54, 1.807) is 17.6 Å². The fourth-order valence-corrected chi connectivity index (χ4v) is 4.38. The Morgan fingerprint density at radius 2 is 2.11 bits per heavy atom. The van der Waals surface area contributed by atoms with Gasteiger partial charge >= 0.3 is 0 Å². The number of hydrogen-bond donors (Lipinski definition) is 2. The molecule has 0 atom stereocenters. The molecule has 19 heavy (non-hydrogen) atoms. The molecule has 106 valence electrons. The minimum absolute atomic E-state index is 0.0566. The number of rotatable bonds is 6. The van der Waals surface area contributed by atoms with Crippen molar-refractivity contribution < 1.29 is 8.42 Å². The van der Waals surface area contributed by atoms with Crippen LogP contribution >= 0.6 is 11.3 Å². The highest BCUT2D eigenvalue weighted by Gasteiger charge is 2.27. The van der Waals surface area contributed by atoms with Gasteiger partial charge in [-0.2, -0.15) is 0 Å². The van der Waals surface area contributed by atoms with E-state index in [9.17, 15) is 8.42 Å². The number of anilines is 1. The lowest BCUT2D eigenvalue weighted by Crippen LogP contribution is -2.34. The average Bonchev–Trinajstić information content (AvgIpc) is 2.94. The lowest BCUT2D eigenvalue weighted by atomic mass is 10.2. The molecule has 0 unspecified atom stereocenters. The van der Waals surface area contributed by atoms with E-state index in [0.717, 1.165) is 12.8 Å². The molecule has 0 fully saturated rings. The van der Waals surface area contributed by atoms with Crippen LogP contribution in [0.4, 0.5) is 5.82 Å². The van der Waals surface area contributed by atoms with Gasteiger partial charge in [0.05, 0.1) is 0 Å². The first-order chi connectivity index (χ1) is 9.03. The van der Waals surface area contributed by atoms with Crippen molar-refractivity contribution in [3.05, 3.63) is 11.6 Å². The summed E-state index contributed by atoms with van der Waals surface area (Å²) in [5, 5.41) is 4.84. The molecule has 0 aliphatic heterocycles. The third-order valence-corrected chi connectivity index (χ3v) is 5.32. The summed E-state index contributed by atoms with van der Waals surface area (Å²) in [5.41, 5.74) is 0. The molecule has 0 aliphatic rings. The minimum atomic E-state index is -3.58. The van der Waals surface area contributed by atoms with Crippen LogP contribution in [0.25, 0.3) is 4.96 Å². The van der Waals surface area contributed by atoms with Crippen LogP contribution in [0.15, 0.2) is 16.6 Å².